The number of nitrogens with zero attached hydrogens (tertiary/aromatic N) is 6. The Morgan fingerprint density at radius 3 is 2.40 bits per heavy atom. The van der Waals surface area contributed by atoms with Gasteiger partial charge in [-0.1, -0.05) is 17.7 Å². The first-order valence-corrected chi connectivity index (χ1v) is 10.6. The van der Waals surface area contributed by atoms with Gasteiger partial charge in [-0.3, -0.25) is 10.00 Å². The van der Waals surface area contributed by atoms with Gasteiger partial charge in [0.2, 0.25) is 5.95 Å². The number of rotatable bonds is 5. The number of hydrogen-bond donors (Lipinski definition) is 2. The molecule has 2 aromatic carbocycles. The molecule has 1 aliphatic rings. The van der Waals surface area contributed by atoms with E-state index in [-0.39, 0.29) is 18.3 Å². The molecule has 1 aliphatic heterocycles. The summed E-state index contributed by atoms with van der Waals surface area (Å²) in [5.41, 5.74) is 3.54. The quantitative estimate of drug-likeness (QED) is 0.425. The molecule has 0 saturated heterocycles. The maximum absolute atomic E-state index is 13.7. The molecule has 2 N–H and O–H groups in total. The normalized spacial score (nSPS) is 13.7. The maximum Gasteiger partial charge on any atom is 0.405 e. The van der Waals surface area contributed by atoms with Gasteiger partial charge in [0.15, 0.2) is 11.6 Å². The topological polar surface area (TPSA) is 103 Å². The van der Waals surface area contributed by atoms with Crippen molar-refractivity contribution in [3.05, 3.63) is 72.2 Å². The van der Waals surface area contributed by atoms with Gasteiger partial charge in [0, 0.05) is 23.0 Å². The van der Waals surface area contributed by atoms with Gasteiger partial charge in [-0.2, -0.15) is 23.3 Å². The number of halogens is 3. The molecular weight excluding hydrogens is 461 g/mol. The van der Waals surface area contributed by atoms with Gasteiger partial charge in [0.1, 0.15) is 12.9 Å². The summed E-state index contributed by atoms with van der Waals surface area (Å²) in [6, 6.07) is 14.0. The SMILES string of the molecule is Cc1ccc(N2Cc3cnc(NCC(F)(F)F)nc3N(c3ccc(-c4ncn[nH]4)cc3)C2=O)cc1. The number of nitrogens with one attached hydrogen (secondary N) is 2. The molecule has 0 aliphatic carbocycles. The molecule has 5 rings (SSSR count). The Kier molecular flexibility index (Phi) is 5.55. The molecule has 0 spiro atoms. The van der Waals surface area contributed by atoms with E-state index in [1.165, 1.54) is 17.4 Å². The zero-order chi connectivity index (χ0) is 24.6. The third kappa shape index (κ3) is 4.63. The molecule has 4 aromatic rings. The van der Waals surface area contributed by atoms with E-state index in [1.807, 2.05) is 31.2 Å². The summed E-state index contributed by atoms with van der Waals surface area (Å²) in [7, 11) is 0. The lowest BCUT2D eigenvalue weighted by molar-refractivity contribution is -0.115. The molecule has 0 fully saturated rings. The first-order chi connectivity index (χ1) is 16.8. The summed E-state index contributed by atoms with van der Waals surface area (Å²) in [4.78, 5) is 29.0. The van der Waals surface area contributed by atoms with Crippen molar-refractivity contribution in [2.45, 2.75) is 19.6 Å². The zero-order valence-corrected chi connectivity index (χ0v) is 18.4. The number of carbonyl (C=O) groups excluding carboxylic acids is 1. The van der Waals surface area contributed by atoms with Crippen LogP contribution in [0.3, 0.4) is 0 Å². The molecule has 0 bridgehead atoms. The van der Waals surface area contributed by atoms with Crippen LogP contribution in [0.15, 0.2) is 61.1 Å². The van der Waals surface area contributed by atoms with Crippen molar-refractivity contribution in [3.63, 3.8) is 0 Å². The maximum atomic E-state index is 13.7. The van der Waals surface area contributed by atoms with Crippen molar-refractivity contribution in [3.8, 4) is 11.4 Å². The van der Waals surface area contributed by atoms with Crippen LogP contribution in [0, 0.1) is 6.92 Å². The molecule has 0 saturated carbocycles. The number of H-pyrrole nitrogens is 1. The average molecular weight is 480 g/mol. The third-order valence-corrected chi connectivity index (χ3v) is 5.41. The minimum Gasteiger partial charge on any atom is -0.345 e. The lowest BCUT2D eigenvalue weighted by Crippen LogP contribution is -2.45. The molecular formula is C23H19F3N8O. The van der Waals surface area contributed by atoms with Crippen molar-refractivity contribution in [1.29, 1.82) is 0 Å². The van der Waals surface area contributed by atoms with Crippen molar-refractivity contribution in [1.82, 2.24) is 25.1 Å². The van der Waals surface area contributed by atoms with Gasteiger partial charge >= 0.3 is 12.2 Å². The number of alkyl halides is 3. The molecule has 0 radical (unpaired) electrons. The molecule has 12 heteroatoms. The number of fused-ring (bicyclic) bond motifs is 1. The molecule has 2 aromatic heterocycles. The van der Waals surface area contributed by atoms with Crippen LogP contribution in [-0.2, 0) is 6.54 Å². The first kappa shape index (κ1) is 22.3. The van der Waals surface area contributed by atoms with Gasteiger partial charge in [-0.15, -0.1) is 0 Å². The third-order valence-electron chi connectivity index (χ3n) is 5.41. The fourth-order valence-electron chi connectivity index (χ4n) is 3.69. The highest BCUT2D eigenvalue weighted by atomic mass is 19.4. The Balaban J connectivity index is 1.55. The number of urea groups is 1. The summed E-state index contributed by atoms with van der Waals surface area (Å²) in [6.45, 7) is 0.827. The average Bonchev–Trinajstić information content (AvgIpc) is 3.38. The van der Waals surface area contributed by atoms with Crippen LogP contribution in [0.4, 0.5) is 41.1 Å². The Hall–Kier alpha value is -4.48. The van der Waals surface area contributed by atoms with E-state index in [2.05, 4.69) is 30.5 Å². The van der Waals surface area contributed by atoms with Crippen LogP contribution in [0.5, 0.6) is 0 Å². The number of benzene rings is 2. The molecule has 178 valence electrons. The van der Waals surface area contributed by atoms with E-state index in [0.29, 0.717) is 22.8 Å². The lowest BCUT2D eigenvalue weighted by Gasteiger charge is -2.36. The van der Waals surface area contributed by atoms with Crippen LogP contribution < -0.4 is 15.1 Å². The predicted octanol–water partition coefficient (Wildman–Crippen LogP) is 4.82. The molecule has 3 heterocycles. The van der Waals surface area contributed by atoms with E-state index in [0.717, 1.165) is 11.1 Å². The summed E-state index contributed by atoms with van der Waals surface area (Å²) in [5, 5.41) is 8.79. The molecule has 35 heavy (non-hydrogen) atoms. The molecule has 9 nitrogen and oxygen atoms in total. The number of hydrogen-bond acceptors (Lipinski definition) is 6. The minimum atomic E-state index is -4.44. The first-order valence-electron chi connectivity index (χ1n) is 10.6. The number of aromatic amines is 1. The molecule has 2 amide bonds. The van der Waals surface area contributed by atoms with Gasteiger partial charge in [0.05, 0.1) is 12.2 Å². The van der Waals surface area contributed by atoms with E-state index in [1.54, 1.807) is 29.2 Å². The number of amides is 2. The second-order valence-corrected chi connectivity index (χ2v) is 7.93. The number of aryl methyl sites for hydroxylation is 1. The standard InChI is InChI=1S/C23H19F3N8O/c1-14-2-6-17(7-3-14)33-11-16-10-27-21(28-12-23(24,25)26)31-20(16)34(22(33)35)18-8-4-15(5-9-18)19-29-13-30-32-19/h2-10,13H,11-12H2,1H3,(H,27,28,31)(H,29,30,32). The van der Waals surface area contributed by atoms with Crippen LogP contribution in [0.2, 0.25) is 0 Å². The van der Waals surface area contributed by atoms with Crippen LogP contribution in [-0.4, -0.2) is 43.9 Å². The monoisotopic (exact) mass is 480 g/mol. The fourth-order valence-corrected chi connectivity index (χ4v) is 3.69. The zero-order valence-electron chi connectivity index (χ0n) is 18.4. The van der Waals surface area contributed by atoms with Crippen molar-refractivity contribution < 1.29 is 18.0 Å². The highest BCUT2D eigenvalue weighted by Crippen LogP contribution is 2.36. The van der Waals surface area contributed by atoms with Gasteiger partial charge in [-0.05, 0) is 43.3 Å². The van der Waals surface area contributed by atoms with E-state index < -0.39 is 18.8 Å². The highest BCUT2D eigenvalue weighted by Gasteiger charge is 2.35. The van der Waals surface area contributed by atoms with E-state index in [9.17, 15) is 18.0 Å². The largest absolute Gasteiger partial charge is 0.405 e. The second-order valence-electron chi connectivity index (χ2n) is 7.93. The Bertz CT molecular complexity index is 1340. The van der Waals surface area contributed by atoms with Crippen LogP contribution >= 0.6 is 0 Å². The highest BCUT2D eigenvalue weighted by molar-refractivity contribution is 6.10. The molecule has 0 atom stereocenters. The predicted molar refractivity (Wildman–Crippen MR) is 123 cm³/mol. The van der Waals surface area contributed by atoms with Crippen LogP contribution in [0.25, 0.3) is 11.4 Å². The Morgan fingerprint density at radius 1 is 1.03 bits per heavy atom. The van der Waals surface area contributed by atoms with Gasteiger partial charge in [0.25, 0.3) is 0 Å². The summed E-state index contributed by atoms with van der Waals surface area (Å²) >= 11 is 0. The number of aromatic nitrogens is 5. The number of carbonyl (C=O) groups is 1. The molecule has 0 unspecified atom stereocenters. The number of anilines is 4. The summed E-state index contributed by atoms with van der Waals surface area (Å²) < 4.78 is 38.1. The van der Waals surface area contributed by atoms with Crippen molar-refractivity contribution in [2.24, 2.45) is 0 Å². The van der Waals surface area contributed by atoms with E-state index >= 15 is 0 Å². The fraction of sp³-hybridized carbons (Fsp3) is 0.174. The van der Waals surface area contributed by atoms with Crippen molar-refractivity contribution >= 4 is 29.2 Å². The Labute approximate surface area is 197 Å². The smallest absolute Gasteiger partial charge is 0.345 e. The minimum absolute atomic E-state index is 0.170. The van der Waals surface area contributed by atoms with Crippen molar-refractivity contribution in [2.75, 3.05) is 21.7 Å². The second kappa shape index (κ2) is 8.70. The van der Waals surface area contributed by atoms with Gasteiger partial charge in [-0.25, -0.2) is 19.7 Å². The lowest BCUT2D eigenvalue weighted by atomic mass is 10.1. The van der Waals surface area contributed by atoms with Gasteiger partial charge < -0.3 is 5.32 Å². The van der Waals surface area contributed by atoms with Crippen LogP contribution in [0.1, 0.15) is 11.1 Å². The van der Waals surface area contributed by atoms with E-state index in [4.69, 9.17) is 0 Å². The Morgan fingerprint density at radius 2 is 1.74 bits per heavy atom. The summed E-state index contributed by atoms with van der Waals surface area (Å²) in [5.74, 6) is 0.551. The summed E-state index contributed by atoms with van der Waals surface area (Å²) in [6.07, 6.45) is -1.61.